The van der Waals surface area contributed by atoms with Crippen molar-refractivity contribution < 1.29 is 8.42 Å². The van der Waals surface area contributed by atoms with Gasteiger partial charge in [-0.1, -0.05) is 0 Å². The number of hydrogen-bond acceptors (Lipinski definition) is 7. The lowest BCUT2D eigenvalue weighted by atomic mass is 10.2. The van der Waals surface area contributed by atoms with Crippen LogP contribution in [-0.2, 0) is 10.0 Å². The molecule has 0 amide bonds. The summed E-state index contributed by atoms with van der Waals surface area (Å²) in [4.78, 5) is 8.29. The summed E-state index contributed by atoms with van der Waals surface area (Å²) in [5.74, 6) is 5.80. The lowest BCUT2D eigenvalue weighted by Gasteiger charge is -2.07. The maximum atomic E-state index is 12.3. The molecule has 0 aliphatic carbocycles. The van der Waals surface area contributed by atoms with Crippen molar-refractivity contribution in [3.05, 3.63) is 41.9 Å². The highest BCUT2D eigenvalue weighted by Crippen LogP contribution is 2.22. The van der Waals surface area contributed by atoms with Crippen molar-refractivity contribution in [2.75, 3.05) is 10.1 Å². The third kappa shape index (κ3) is 2.79. The Bertz CT molecular complexity index is 878. The largest absolute Gasteiger partial charge is 0.308 e. The number of hydrazine groups is 1. The zero-order valence-corrected chi connectivity index (χ0v) is 12.3. The van der Waals surface area contributed by atoms with E-state index >= 15 is 0 Å². The standard InChI is InChI=1S/C12H11N5O2S2/c13-16-11-4-1-8-7-9(2-3-10(8)15-11)21(18,19)17-12-14-5-6-20-12/h1-7H,13H2,(H,14,17)(H,15,16). The number of rotatable bonds is 4. The van der Waals surface area contributed by atoms with E-state index in [2.05, 4.69) is 20.1 Å². The minimum atomic E-state index is -3.66. The van der Waals surface area contributed by atoms with Gasteiger partial charge >= 0.3 is 0 Å². The average molecular weight is 321 g/mol. The third-order valence-corrected chi connectivity index (χ3v) is 4.93. The molecule has 0 unspecified atom stereocenters. The molecule has 108 valence electrons. The highest BCUT2D eigenvalue weighted by Gasteiger charge is 2.16. The molecule has 3 rings (SSSR count). The Labute approximate surface area is 124 Å². The summed E-state index contributed by atoms with van der Waals surface area (Å²) >= 11 is 1.22. The normalized spacial score (nSPS) is 11.5. The van der Waals surface area contributed by atoms with E-state index in [-0.39, 0.29) is 4.90 Å². The maximum Gasteiger partial charge on any atom is 0.263 e. The topological polar surface area (TPSA) is 110 Å². The quantitative estimate of drug-likeness (QED) is 0.499. The fourth-order valence-electron chi connectivity index (χ4n) is 1.80. The second-order valence-corrected chi connectivity index (χ2v) is 6.72. The number of aromatic nitrogens is 2. The molecule has 0 atom stereocenters. The Morgan fingerprint density at radius 3 is 2.76 bits per heavy atom. The Hall–Kier alpha value is -2.23. The predicted molar refractivity (Wildman–Crippen MR) is 82.5 cm³/mol. The van der Waals surface area contributed by atoms with Gasteiger partial charge in [0, 0.05) is 17.0 Å². The number of hydrogen-bond donors (Lipinski definition) is 3. The summed E-state index contributed by atoms with van der Waals surface area (Å²) in [5, 5.41) is 2.73. The van der Waals surface area contributed by atoms with Gasteiger partial charge in [-0.3, -0.25) is 4.72 Å². The van der Waals surface area contributed by atoms with Crippen molar-refractivity contribution in [3.8, 4) is 0 Å². The smallest absolute Gasteiger partial charge is 0.263 e. The molecular weight excluding hydrogens is 310 g/mol. The van der Waals surface area contributed by atoms with Crippen LogP contribution in [-0.4, -0.2) is 18.4 Å². The first-order valence-electron chi connectivity index (χ1n) is 5.88. The first kappa shape index (κ1) is 13.7. The first-order valence-corrected chi connectivity index (χ1v) is 8.24. The van der Waals surface area contributed by atoms with Gasteiger partial charge in [0.1, 0.15) is 5.82 Å². The Balaban J connectivity index is 2.00. The van der Waals surface area contributed by atoms with E-state index in [1.807, 2.05) is 0 Å². The number of nitrogen functional groups attached to an aromatic ring is 1. The highest BCUT2D eigenvalue weighted by molar-refractivity contribution is 7.93. The van der Waals surface area contributed by atoms with Gasteiger partial charge in [-0.2, -0.15) is 0 Å². The third-order valence-electron chi connectivity index (χ3n) is 2.77. The van der Waals surface area contributed by atoms with Crippen LogP contribution in [0.2, 0.25) is 0 Å². The van der Waals surface area contributed by atoms with E-state index in [9.17, 15) is 8.42 Å². The zero-order chi connectivity index (χ0) is 14.9. The van der Waals surface area contributed by atoms with E-state index in [4.69, 9.17) is 5.84 Å². The number of sulfonamides is 1. The van der Waals surface area contributed by atoms with Gasteiger partial charge < -0.3 is 5.43 Å². The summed E-state index contributed by atoms with van der Waals surface area (Å²) in [6.45, 7) is 0. The maximum absolute atomic E-state index is 12.3. The van der Waals surface area contributed by atoms with Crippen LogP contribution in [0.25, 0.3) is 10.9 Å². The van der Waals surface area contributed by atoms with Gasteiger partial charge in [0.2, 0.25) is 0 Å². The van der Waals surface area contributed by atoms with Crippen molar-refractivity contribution in [2.45, 2.75) is 4.90 Å². The molecule has 0 saturated heterocycles. The number of nitrogens with one attached hydrogen (secondary N) is 2. The molecule has 3 aromatic rings. The second kappa shape index (κ2) is 5.28. The van der Waals surface area contributed by atoms with Crippen LogP contribution in [0.1, 0.15) is 0 Å². The summed E-state index contributed by atoms with van der Waals surface area (Å²) in [6, 6.07) is 8.10. The fourth-order valence-corrected chi connectivity index (χ4v) is 3.62. The molecule has 9 heteroatoms. The molecular formula is C12H11N5O2S2. The molecule has 1 aromatic carbocycles. The summed E-state index contributed by atoms with van der Waals surface area (Å²) < 4.78 is 27.0. The van der Waals surface area contributed by atoms with Crippen LogP contribution in [0, 0.1) is 0 Å². The van der Waals surface area contributed by atoms with Crippen molar-refractivity contribution in [3.63, 3.8) is 0 Å². The molecule has 0 radical (unpaired) electrons. The van der Waals surface area contributed by atoms with Gasteiger partial charge in [0.05, 0.1) is 10.4 Å². The number of fused-ring (bicyclic) bond motifs is 1. The van der Waals surface area contributed by atoms with Gasteiger partial charge in [-0.25, -0.2) is 24.2 Å². The lowest BCUT2D eigenvalue weighted by molar-refractivity contribution is 0.601. The predicted octanol–water partition coefficient (Wildman–Crippen LogP) is 1.78. The number of anilines is 2. The molecule has 0 fully saturated rings. The van der Waals surface area contributed by atoms with Crippen LogP contribution in [0.3, 0.4) is 0 Å². The summed E-state index contributed by atoms with van der Waals surface area (Å²) in [6.07, 6.45) is 1.54. The van der Waals surface area contributed by atoms with Crippen LogP contribution >= 0.6 is 11.3 Å². The average Bonchev–Trinajstić information content (AvgIpc) is 2.98. The number of pyridine rings is 1. The van der Waals surface area contributed by atoms with Gasteiger partial charge in [0.15, 0.2) is 5.13 Å². The Kier molecular flexibility index (Phi) is 3.45. The molecule has 0 spiro atoms. The molecule has 2 aromatic heterocycles. The lowest BCUT2D eigenvalue weighted by Crippen LogP contribution is -2.12. The SMILES string of the molecule is NNc1ccc2cc(S(=O)(=O)Nc3nccs3)ccc2n1. The van der Waals surface area contributed by atoms with Crippen LogP contribution < -0.4 is 16.0 Å². The first-order chi connectivity index (χ1) is 10.1. The number of nitrogens with two attached hydrogens (primary N) is 1. The van der Waals surface area contributed by atoms with E-state index in [0.717, 1.165) is 0 Å². The molecule has 21 heavy (non-hydrogen) atoms. The Morgan fingerprint density at radius 2 is 2.05 bits per heavy atom. The highest BCUT2D eigenvalue weighted by atomic mass is 32.2. The van der Waals surface area contributed by atoms with E-state index < -0.39 is 10.0 Å². The Morgan fingerprint density at radius 1 is 1.19 bits per heavy atom. The molecule has 0 saturated carbocycles. The minimum absolute atomic E-state index is 0.153. The van der Waals surface area contributed by atoms with Crippen molar-refractivity contribution in [2.24, 2.45) is 5.84 Å². The van der Waals surface area contributed by atoms with E-state index in [1.54, 1.807) is 29.6 Å². The fraction of sp³-hybridized carbons (Fsp3) is 0. The second-order valence-electron chi connectivity index (χ2n) is 4.14. The van der Waals surface area contributed by atoms with Gasteiger partial charge in [0.25, 0.3) is 10.0 Å². The van der Waals surface area contributed by atoms with E-state index in [0.29, 0.717) is 21.9 Å². The van der Waals surface area contributed by atoms with Crippen LogP contribution in [0.15, 0.2) is 46.8 Å². The molecule has 2 heterocycles. The van der Waals surface area contributed by atoms with Crippen molar-refractivity contribution in [1.29, 1.82) is 0 Å². The van der Waals surface area contributed by atoms with E-state index in [1.165, 1.54) is 23.6 Å². The number of benzene rings is 1. The monoisotopic (exact) mass is 321 g/mol. The summed E-state index contributed by atoms with van der Waals surface area (Å²) in [5.41, 5.74) is 3.10. The van der Waals surface area contributed by atoms with Crippen molar-refractivity contribution in [1.82, 2.24) is 9.97 Å². The van der Waals surface area contributed by atoms with Crippen LogP contribution in [0.5, 0.6) is 0 Å². The number of nitrogens with zero attached hydrogens (tertiary/aromatic N) is 2. The molecule has 4 N–H and O–H groups in total. The van der Waals surface area contributed by atoms with Crippen molar-refractivity contribution >= 4 is 43.2 Å². The minimum Gasteiger partial charge on any atom is -0.308 e. The molecule has 0 bridgehead atoms. The van der Waals surface area contributed by atoms with Gasteiger partial charge in [-0.05, 0) is 30.3 Å². The molecule has 0 aliphatic rings. The molecule has 0 aliphatic heterocycles. The summed E-state index contributed by atoms with van der Waals surface area (Å²) in [7, 11) is -3.66. The zero-order valence-electron chi connectivity index (χ0n) is 10.6. The van der Waals surface area contributed by atoms with Gasteiger partial charge in [-0.15, -0.1) is 11.3 Å². The van der Waals surface area contributed by atoms with Crippen LogP contribution in [0.4, 0.5) is 10.9 Å². The molecule has 7 nitrogen and oxygen atoms in total. The number of thiazole rings is 1.